The summed E-state index contributed by atoms with van der Waals surface area (Å²) in [4.78, 5) is 42.7. The van der Waals surface area contributed by atoms with E-state index in [1.54, 1.807) is 31.6 Å². The van der Waals surface area contributed by atoms with Crippen LogP contribution in [-0.4, -0.2) is 45.7 Å². The van der Waals surface area contributed by atoms with Gasteiger partial charge < -0.3 is 24.5 Å². The number of carbonyl (C=O) groups is 2. The number of aryl methyl sites for hydroxylation is 1. The number of thiazole rings is 1. The van der Waals surface area contributed by atoms with Gasteiger partial charge in [-0.2, -0.15) is 0 Å². The van der Waals surface area contributed by atoms with Gasteiger partial charge in [0.15, 0.2) is 5.13 Å². The van der Waals surface area contributed by atoms with Crippen LogP contribution in [0.3, 0.4) is 0 Å². The first-order valence-corrected chi connectivity index (χ1v) is 12.3. The minimum Gasteiger partial charge on any atom is -0.382 e. The van der Waals surface area contributed by atoms with E-state index < -0.39 is 11.9 Å². The first-order valence-electron chi connectivity index (χ1n) is 11.4. The number of anilines is 1. The van der Waals surface area contributed by atoms with Crippen molar-refractivity contribution in [3.63, 3.8) is 0 Å². The van der Waals surface area contributed by atoms with E-state index >= 15 is 0 Å². The van der Waals surface area contributed by atoms with Gasteiger partial charge in [0.05, 0.1) is 17.9 Å². The van der Waals surface area contributed by atoms with Crippen LogP contribution in [0.2, 0.25) is 0 Å². The molecule has 0 aliphatic heterocycles. The summed E-state index contributed by atoms with van der Waals surface area (Å²) in [5, 5.41) is 9.14. The largest absolute Gasteiger partial charge is 0.382 e. The molecular formula is C26H29N5O4S. The maximum Gasteiger partial charge on any atom is 0.258 e. The Bertz CT molecular complexity index is 1480. The summed E-state index contributed by atoms with van der Waals surface area (Å²) in [6.07, 6.45) is 5.32. The van der Waals surface area contributed by atoms with Crippen molar-refractivity contribution in [2.75, 3.05) is 19.0 Å². The van der Waals surface area contributed by atoms with Crippen LogP contribution in [0.25, 0.3) is 22.0 Å². The fourth-order valence-corrected chi connectivity index (χ4v) is 4.41. The molecule has 4 aromatic rings. The Hall–Kier alpha value is -3.76. The number of benzene rings is 1. The maximum atomic E-state index is 12.9. The molecule has 36 heavy (non-hydrogen) atoms. The molecule has 0 fully saturated rings. The zero-order valence-electron chi connectivity index (χ0n) is 20.9. The lowest BCUT2D eigenvalue weighted by atomic mass is 10.1. The topological polar surface area (TPSA) is 107 Å². The Kier molecular flexibility index (Phi) is 7.09. The van der Waals surface area contributed by atoms with Crippen LogP contribution >= 0.6 is 11.3 Å². The SMILES string of the molecule is COC[C@H](NC(=O)c1ccn(C(C)(C)C)c1)C(=O)Nc1nc(-c2ccc3ccn(C)c(=O)c3c2)cs1. The number of hydrogen-bond acceptors (Lipinski definition) is 6. The smallest absolute Gasteiger partial charge is 0.258 e. The third kappa shape index (κ3) is 5.39. The van der Waals surface area contributed by atoms with E-state index in [4.69, 9.17) is 4.74 Å². The quantitative estimate of drug-likeness (QED) is 0.398. The van der Waals surface area contributed by atoms with Crippen molar-refractivity contribution in [1.82, 2.24) is 19.4 Å². The van der Waals surface area contributed by atoms with Gasteiger partial charge in [0.2, 0.25) is 0 Å². The second kappa shape index (κ2) is 10.1. The average molecular weight is 508 g/mol. The predicted molar refractivity (Wildman–Crippen MR) is 141 cm³/mol. The van der Waals surface area contributed by atoms with Crippen molar-refractivity contribution in [2.24, 2.45) is 7.05 Å². The Morgan fingerprint density at radius 2 is 1.94 bits per heavy atom. The number of hydrogen-bond donors (Lipinski definition) is 2. The van der Waals surface area contributed by atoms with Crippen LogP contribution < -0.4 is 16.2 Å². The van der Waals surface area contributed by atoms with Gasteiger partial charge in [-0.15, -0.1) is 11.3 Å². The molecule has 0 aliphatic rings. The Morgan fingerprint density at radius 1 is 1.17 bits per heavy atom. The molecule has 0 unspecified atom stereocenters. The summed E-state index contributed by atoms with van der Waals surface area (Å²) in [5.74, 6) is -0.804. The maximum absolute atomic E-state index is 12.9. The normalized spacial score (nSPS) is 12.5. The van der Waals surface area contributed by atoms with Gasteiger partial charge in [-0.25, -0.2) is 4.98 Å². The molecule has 0 saturated heterocycles. The highest BCUT2D eigenvalue weighted by Crippen LogP contribution is 2.27. The Morgan fingerprint density at radius 3 is 2.64 bits per heavy atom. The van der Waals surface area contributed by atoms with Crippen molar-refractivity contribution < 1.29 is 14.3 Å². The van der Waals surface area contributed by atoms with Crippen molar-refractivity contribution in [1.29, 1.82) is 0 Å². The van der Waals surface area contributed by atoms with Crippen LogP contribution in [0.1, 0.15) is 31.1 Å². The fraction of sp³-hybridized carbons (Fsp3) is 0.308. The standard InChI is InChI=1S/C26H29N5O4S/c1-26(2,3)31-11-9-18(13-31)22(32)27-20(14-35-5)23(33)29-25-28-21(15-36-25)17-7-6-16-8-10-30(4)24(34)19(16)12-17/h6-13,15,20H,14H2,1-5H3,(H,27,32)(H,28,29,33)/t20-/m0/s1. The first kappa shape index (κ1) is 25.3. The minimum atomic E-state index is -0.906. The van der Waals surface area contributed by atoms with E-state index in [1.165, 1.54) is 23.0 Å². The number of amides is 2. The number of fused-ring (bicyclic) bond motifs is 1. The van der Waals surface area contributed by atoms with E-state index in [0.29, 0.717) is 21.8 Å². The number of carbonyl (C=O) groups excluding carboxylic acids is 2. The first-order chi connectivity index (χ1) is 17.1. The van der Waals surface area contributed by atoms with Crippen LogP contribution in [0.15, 0.2) is 59.1 Å². The monoisotopic (exact) mass is 507 g/mol. The van der Waals surface area contributed by atoms with Gasteiger partial charge in [0.1, 0.15) is 6.04 Å². The molecule has 10 heteroatoms. The van der Waals surface area contributed by atoms with Gasteiger partial charge in [0, 0.05) is 54.6 Å². The molecular weight excluding hydrogens is 478 g/mol. The molecule has 0 radical (unpaired) electrons. The third-order valence-electron chi connectivity index (χ3n) is 5.80. The summed E-state index contributed by atoms with van der Waals surface area (Å²) in [6.45, 7) is 6.12. The molecule has 3 heterocycles. The molecule has 0 bridgehead atoms. The van der Waals surface area contributed by atoms with Gasteiger partial charge >= 0.3 is 0 Å². The molecule has 0 aliphatic carbocycles. The summed E-state index contributed by atoms with van der Waals surface area (Å²) < 4.78 is 8.63. The van der Waals surface area contributed by atoms with Crippen LogP contribution in [-0.2, 0) is 22.1 Å². The summed E-state index contributed by atoms with van der Waals surface area (Å²) in [5.41, 5.74) is 1.61. The number of ether oxygens (including phenoxy) is 1. The molecule has 2 N–H and O–H groups in total. The lowest BCUT2D eigenvalue weighted by Gasteiger charge is -2.21. The molecule has 4 rings (SSSR count). The number of rotatable bonds is 7. The van der Waals surface area contributed by atoms with Crippen molar-refractivity contribution >= 4 is 39.1 Å². The summed E-state index contributed by atoms with van der Waals surface area (Å²) in [7, 11) is 3.17. The number of pyridine rings is 1. The third-order valence-corrected chi connectivity index (χ3v) is 6.55. The second-order valence-electron chi connectivity index (χ2n) is 9.52. The molecule has 1 aromatic carbocycles. The molecule has 0 spiro atoms. The average Bonchev–Trinajstić information content (AvgIpc) is 3.51. The highest BCUT2D eigenvalue weighted by atomic mass is 32.1. The van der Waals surface area contributed by atoms with E-state index in [0.717, 1.165) is 10.9 Å². The van der Waals surface area contributed by atoms with Crippen LogP contribution in [0.4, 0.5) is 5.13 Å². The molecule has 3 aromatic heterocycles. The molecule has 0 saturated carbocycles. The van der Waals surface area contributed by atoms with E-state index in [1.807, 2.05) is 55.1 Å². The van der Waals surface area contributed by atoms with E-state index in [2.05, 4.69) is 15.6 Å². The van der Waals surface area contributed by atoms with E-state index in [-0.39, 0.29) is 23.6 Å². The van der Waals surface area contributed by atoms with E-state index in [9.17, 15) is 14.4 Å². The molecule has 188 valence electrons. The molecule has 1 atom stereocenters. The predicted octanol–water partition coefficient (Wildman–Crippen LogP) is 3.60. The van der Waals surface area contributed by atoms with Gasteiger partial charge in [-0.05, 0) is 44.4 Å². The number of aromatic nitrogens is 3. The van der Waals surface area contributed by atoms with Crippen LogP contribution in [0.5, 0.6) is 0 Å². The lowest BCUT2D eigenvalue weighted by molar-refractivity contribution is -0.119. The number of nitrogens with zero attached hydrogens (tertiary/aromatic N) is 3. The van der Waals surface area contributed by atoms with Gasteiger partial charge in [-0.1, -0.05) is 12.1 Å². The summed E-state index contributed by atoms with van der Waals surface area (Å²) in [6, 6.07) is 8.26. The summed E-state index contributed by atoms with van der Waals surface area (Å²) >= 11 is 1.26. The second-order valence-corrected chi connectivity index (χ2v) is 10.4. The highest BCUT2D eigenvalue weighted by molar-refractivity contribution is 7.14. The van der Waals surface area contributed by atoms with Crippen molar-refractivity contribution in [2.45, 2.75) is 32.4 Å². The lowest BCUT2D eigenvalue weighted by Crippen LogP contribution is -2.46. The minimum absolute atomic E-state index is 0.00372. The molecule has 2 amide bonds. The van der Waals surface area contributed by atoms with Crippen molar-refractivity contribution in [3.8, 4) is 11.3 Å². The fourth-order valence-electron chi connectivity index (χ4n) is 3.69. The van der Waals surface area contributed by atoms with Gasteiger partial charge in [0.25, 0.3) is 17.4 Å². The Balaban J connectivity index is 1.48. The Labute approximate surface area is 212 Å². The molecule has 9 nitrogen and oxygen atoms in total. The van der Waals surface area contributed by atoms with Gasteiger partial charge in [-0.3, -0.25) is 14.4 Å². The van der Waals surface area contributed by atoms with Crippen LogP contribution in [0, 0.1) is 0 Å². The van der Waals surface area contributed by atoms with Crippen molar-refractivity contribution in [3.05, 3.63) is 70.2 Å². The number of methoxy groups -OCH3 is 1. The zero-order chi connectivity index (χ0) is 26.0. The highest BCUT2D eigenvalue weighted by Gasteiger charge is 2.24. The zero-order valence-corrected chi connectivity index (χ0v) is 21.7. The number of nitrogens with one attached hydrogen (secondary N) is 2.